The van der Waals surface area contributed by atoms with Gasteiger partial charge in [-0.05, 0) is 12.8 Å². The summed E-state index contributed by atoms with van der Waals surface area (Å²) in [6.45, 7) is 0. The van der Waals surface area contributed by atoms with E-state index in [4.69, 9.17) is 0 Å². The van der Waals surface area contributed by atoms with Crippen molar-refractivity contribution < 1.29 is 9.90 Å². The summed E-state index contributed by atoms with van der Waals surface area (Å²) in [6, 6.07) is 0.309. The summed E-state index contributed by atoms with van der Waals surface area (Å²) in [5, 5.41) is 13.7. The fourth-order valence-electron chi connectivity index (χ4n) is 2.51. The first kappa shape index (κ1) is 11.8. The average Bonchev–Trinajstić information content (AvgIpc) is 3.08. The third kappa shape index (κ3) is 2.21. The molecule has 2 aromatic heterocycles. The Balaban J connectivity index is 2.05. The van der Waals surface area contributed by atoms with Gasteiger partial charge in [0.05, 0.1) is 12.2 Å². The van der Waals surface area contributed by atoms with Gasteiger partial charge in [-0.2, -0.15) is 5.10 Å². The van der Waals surface area contributed by atoms with E-state index in [2.05, 4.69) is 15.1 Å². The summed E-state index contributed by atoms with van der Waals surface area (Å²) in [5.74, 6) is -0.982. The van der Waals surface area contributed by atoms with Crippen molar-refractivity contribution >= 4 is 5.97 Å². The van der Waals surface area contributed by atoms with Crippen LogP contribution in [0.5, 0.6) is 0 Å². The number of carboxylic acid groups (broad SMARTS) is 1. The van der Waals surface area contributed by atoms with Gasteiger partial charge in [0.15, 0.2) is 0 Å². The molecule has 0 aliphatic heterocycles. The second-order valence-electron chi connectivity index (χ2n) is 4.71. The van der Waals surface area contributed by atoms with Gasteiger partial charge in [-0.1, -0.05) is 12.8 Å². The SMILES string of the molecule is O=C(O)c1cn(C2CCCC2)nc1-c1cnccn1. The lowest BCUT2D eigenvalue weighted by atomic mass is 10.2. The molecule has 6 nitrogen and oxygen atoms in total. The van der Waals surface area contributed by atoms with Crippen molar-refractivity contribution in [2.45, 2.75) is 31.7 Å². The van der Waals surface area contributed by atoms with Crippen LogP contribution in [-0.2, 0) is 0 Å². The minimum atomic E-state index is -0.982. The molecule has 1 aliphatic carbocycles. The molecule has 0 unspecified atom stereocenters. The molecule has 0 aromatic carbocycles. The Kier molecular flexibility index (Phi) is 2.98. The number of nitrogens with zero attached hydrogens (tertiary/aromatic N) is 4. The number of aromatic nitrogens is 4. The maximum absolute atomic E-state index is 11.3. The zero-order valence-corrected chi connectivity index (χ0v) is 10.4. The lowest BCUT2D eigenvalue weighted by Crippen LogP contribution is -2.05. The van der Waals surface area contributed by atoms with Crippen molar-refractivity contribution in [1.82, 2.24) is 19.7 Å². The Labute approximate surface area is 110 Å². The van der Waals surface area contributed by atoms with Crippen molar-refractivity contribution in [3.63, 3.8) is 0 Å². The van der Waals surface area contributed by atoms with Gasteiger partial charge in [-0.25, -0.2) is 4.79 Å². The smallest absolute Gasteiger partial charge is 0.339 e. The van der Waals surface area contributed by atoms with E-state index in [0.717, 1.165) is 12.8 Å². The van der Waals surface area contributed by atoms with Gasteiger partial charge < -0.3 is 5.11 Å². The zero-order chi connectivity index (χ0) is 13.2. The number of carbonyl (C=O) groups is 1. The Morgan fingerprint density at radius 2 is 2.11 bits per heavy atom. The van der Waals surface area contributed by atoms with Crippen molar-refractivity contribution in [3.05, 3.63) is 30.4 Å². The summed E-state index contributed by atoms with van der Waals surface area (Å²) in [6.07, 6.45) is 10.7. The van der Waals surface area contributed by atoms with E-state index in [-0.39, 0.29) is 5.56 Å². The molecule has 1 N–H and O–H groups in total. The molecule has 0 atom stereocenters. The topological polar surface area (TPSA) is 80.9 Å². The minimum absolute atomic E-state index is 0.187. The normalized spacial score (nSPS) is 15.8. The van der Waals surface area contributed by atoms with Crippen LogP contribution >= 0.6 is 0 Å². The largest absolute Gasteiger partial charge is 0.478 e. The molecule has 0 amide bonds. The van der Waals surface area contributed by atoms with Gasteiger partial charge in [0.2, 0.25) is 0 Å². The molecule has 6 heteroatoms. The minimum Gasteiger partial charge on any atom is -0.478 e. The number of carboxylic acids is 1. The van der Waals surface area contributed by atoms with Crippen LogP contribution < -0.4 is 0 Å². The Morgan fingerprint density at radius 1 is 1.32 bits per heavy atom. The Hall–Kier alpha value is -2.24. The average molecular weight is 258 g/mol. The van der Waals surface area contributed by atoms with Crippen molar-refractivity contribution in [2.24, 2.45) is 0 Å². The molecule has 3 rings (SSSR count). The number of rotatable bonds is 3. The molecular weight excluding hydrogens is 244 g/mol. The summed E-state index contributed by atoms with van der Waals surface area (Å²) in [4.78, 5) is 19.4. The third-order valence-corrected chi connectivity index (χ3v) is 3.47. The predicted molar refractivity (Wildman–Crippen MR) is 67.7 cm³/mol. The maximum Gasteiger partial charge on any atom is 0.339 e. The quantitative estimate of drug-likeness (QED) is 0.912. The van der Waals surface area contributed by atoms with Crippen LogP contribution in [0, 0.1) is 0 Å². The van der Waals surface area contributed by atoms with Crippen molar-refractivity contribution in [3.8, 4) is 11.4 Å². The van der Waals surface area contributed by atoms with Gasteiger partial charge >= 0.3 is 5.97 Å². The van der Waals surface area contributed by atoms with Crippen LogP contribution in [0.1, 0.15) is 42.1 Å². The second kappa shape index (κ2) is 4.79. The van der Waals surface area contributed by atoms with Gasteiger partial charge in [-0.3, -0.25) is 14.6 Å². The van der Waals surface area contributed by atoms with Gasteiger partial charge in [0, 0.05) is 18.6 Å². The molecule has 1 fully saturated rings. The van der Waals surface area contributed by atoms with E-state index in [1.807, 2.05) is 0 Å². The highest BCUT2D eigenvalue weighted by atomic mass is 16.4. The fraction of sp³-hybridized carbons (Fsp3) is 0.385. The van der Waals surface area contributed by atoms with Gasteiger partial charge in [-0.15, -0.1) is 0 Å². The highest BCUT2D eigenvalue weighted by Gasteiger charge is 2.23. The van der Waals surface area contributed by atoms with E-state index < -0.39 is 5.97 Å². The molecule has 0 spiro atoms. The lowest BCUT2D eigenvalue weighted by molar-refractivity contribution is 0.0697. The Bertz CT molecular complexity index is 588. The van der Waals surface area contributed by atoms with Gasteiger partial charge in [0.1, 0.15) is 17.0 Å². The molecule has 98 valence electrons. The summed E-state index contributed by atoms with van der Waals surface area (Å²) < 4.78 is 1.78. The first-order chi connectivity index (χ1) is 9.25. The van der Waals surface area contributed by atoms with Crippen LogP contribution in [0.3, 0.4) is 0 Å². The number of aromatic carboxylic acids is 1. The molecule has 1 saturated carbocycles. The molecule has 2 heterocycles. The zero-order valence-electron chi connectivity index (χ0n) is 10.4. The highest BCUT2D eigenvalue weighted by molar-refractivity contribution is 5.93. The molecule has 19 heavy (non-hydrogen) atoms. The van der Waals surface area contributed by atoms with Crippen LogP contribution in [0.4, 0.5) is 0 Å². The van der Waals surface area contributed by atoms with E-state index in [9.17, 15) is 9.90 Å². The van der Waals surface area contributed by atoms with Crippen LogP contribution in [-0.4, -0.2) is 30.8 Å². The summed E-state index contributed by atoms with van der Waals surface area (Å²) >= 11 is 0. The van der Waals surface area contributed by atoms with Crippen LogP contribution in [0.2, 0.25) is 0 Å². The predicted octanol–water partition coefficient (Wildman–Crippen LogP) is 2.15. The molecule has 2 aromatic rings. The first-order valence-electron chi connectivity index (χ1n) is 6.34. The van der Waals surface area contributed by atoms with E-state index in [1.165, 1.54) is 25.2 Å². The molecule has 0 radical (unpaired) electrons. The molecular formula is C13H14N4O2. The Morgan fingerprint density at radius 3 is 2.74 bits per heavy atom. The standard InChI is InChI=1S/C13H14N4O2/c18-13(19)10-8-17(9-3-1-2-4-9)16-12(10)11-7-14-5-6-15-11/h5-9H,1-4H2,(H,18,19). The van der Waals surface area contributed by atoms with E-state index in [0.29, 0.717) is 17.4 Å². The van der Waals surface area contributed by atoms with Crippen molar-refractivity contribution in [1.29, 1.82) is 0 Å². The monoisotopic (exact) mass is 258 g/mol. The lowest BCUT2D eigenvalue weighted by Gasteiger charge is -2.08. The summed E-state index contributed by atoms with van der Waals surface area (Å²) in [5.41, 5.74) is 1.08. The highest BCUT2D eigenvalue weighted by Crippen LogP contribution is 2.31. The third-order valence-electron chi connectivity index (χ3n) is 3.47. The van der Waals surface area contributed by atoms with E-state index >= 15 is 0 Å². The van der Waals surface area contributed by atoms with Gasteiger partial charge in [0.25, 0.3) is 0 Å². The fourth-order valence-corrected chi connectivity index (χ4v) is 2.51. The number of hydrogen-bond acceptors (Lipinski definition) is 4. The van der Waals surface area contributed by atoms with Crippen LogP contribution in [0.25, 0.3) is 11.4 Å². The first-order valence-corrected chi connectivity index (χ1v) is 6.34. The van der Waals surface area contributed by atoms with E-state index in [1.54, 1.807) is 17.1 Å². The van der Waals surface area contributed by atoms with Crippen LogP contribution in [0.15, 0.2) is 24.8 Å². The number of hydrogen-bond donors (Lipinski definition) is 1. The maximum atomic E-state index is 11.3. The summed E-state index contributed by atoms with van der Waals surface area (Å²) in [7, 11) is 0. The molecule has 1 aliphatic rings. The molecule has 0 saturated heterocycles. The molecule has 0 bridgehead atoms. The second-order valence-corrected chi connectivity index (χ2v) is 4.71. The van der Waals surface area contributed by atoms with Crippen molar-refractivity contribution in [2.75, 3.05) is 0 Å².